The first-order valence-electron chi connectivity index (χ1n) is 6.61. The maximum absolute atomic E-state index is 12.7. The Morgan fingerprint density at radius 2 is 1.89 bits per heavy atom. The van der Waals surface area contributed by atoms with E-state index in [0.717, 1.165) is 29.5 Å². The van der Waals surface area contributed by atoms with E-state index < -0.39 is 5.41 Å². The van der Waals surface area contributed by atoms with Crippen LogP contribution in [0, 0.1) is 5.41 Å². The van der Waals surface area contributed by atoms with E-state index in [1.807, 2.05) is 0 Å². The first kappa shape index (κ1) is 13.2. The van der Waals surface area contributed by atoms with Gasteiger partial charge in [0.15, 0.2) is 5.13 Å². The number of rotatable bonds is 1. The molecular weight excluding hydrogens is 328 g/mol. The lowest BCUT2D eigenvalue weighted by atomic mass is 9.79. The second kappa shape index (κ2) is 4.98. The van der Waals surface area contributed by atoms with Crippen LogP contribution in [-0.4, -0.2) is 16.8 Å². The number of halogens is 1. The summed E-state index contributed by atoms with van der Waals surface area (Å²) in [7, 11) is 0. The molecule has 1 aliphatic heterocycles. The summed E-state index contributed by atoms with van der Waals surface area (Å²) < 4.78 is 0.838. The van der Waals surface area contributed by atoms with Gasteiger partial charge in [-0.15, -0.1) is 0 Å². The highest BCUT2D eigenvalue weighted by Crippen LogP contribution is 2.46. The van der Waals surface area contributed by atoms with Gasteiger partial charge in [-0.05, 0) is 28.8 Å². The lowest BCUT2D eigenvalue weighted by Gasteiger charge is -2.24. The van der Waals surface area contributed by atoms with Gasteiger partial charge >= 0.3 is 0 Å². The van der Waals surface area contributed by atoms with Gasteiger partial charge in [-0.25, -0.2) is 9.88 Å². The van der Waals surface area contributed by atoms with E-state index in [-0.39, 0.29) is 11.8 Å². The molecule has 0 atom stereocenters. The van der Waals surface area contributed by atoms with Gasteiger partial charge < -0.3 is 0 Å². The van der Waals surface area contributed by atoms with Gasteiger partial charge in [-0.2, -0.15) is 0 Å². The molecule has 1 aromatic heterocycles. The molecule has 102 valence electrons. The Kier molecular flexibility index (Phi) is 3.47. The number of aromatic nitrogens is 1. The van der Waals surface area contributed by atoms with Crippen molar-refractivity contribution in [2.24, 2.45) is 5.41 Å². The predicted molar refractivity (Wildman–Crippen MR) is 77.1 cm³/mol. The van der Waals surface area contributed by atoms with Crippen LogP contribution in [0.25, 0.3) is 0 Å². The molecule has 0 radical (unpaired) electrons. The Balaban J connectivity index is 1.92. The fourth-order valence-electron chi connectivity index (χ4n) is 3.13. The summed E-state index contributed by atoms with van der Waals surface area (Å²) in [5.74, 6) is -0.116. The fourth-order valence-corrected chi connectivity index (χ4v) is 4.33. The van der Waals surface area contributed by atoms with E-state index in [0.29, 0.717) is 11.6 Å². The van der Waals surface area contributed by atoms with Crippen molar-refractivity contribution in [3.8, 4) is 0 Å². The van der Waals surface area contributed by atoms with Gasteiger partial charge in [-0.3, -0.25) is 9.59 Å². The molecule has 1 saturated heterocycles. The first-order valence-corrected chi connectivity index (χ1v) is 8.22. The minimum Gasteiger partial charge on any atom is -0.274 e. The zero-order valence-corrected chi connectivity index (χ0v) is 12.9. The smallest absolute Gasteiger partial charge is 0.242 e. The van der Waals surface area contributed by atoms with Crippen molar-refractivity contribution in [1.29, 1.82) is 0 Å². The maximum atomic E-state index is 12.7. The molecule has 0 N–H and O–H groups in total. The van der Waals surface area contributed by atoms with E-state index in [9.17, 15) is 9.59 Å². The number of amides is 2. The SMILES string of the molecule is O=C1CC2(CCCCCC2)C(=O)N1c1ncc(Br)s1. The topological polar surface area (TPSA) is 50.3 Å². The summed E-state index contributed by atoms with van der Waals surface area (Å²) in [6, 6.07) is 0. The number of hydrogen-bond acceptors (Lipinski definition) is 4. The van der Waals surface area contributed by atoms with E-state index in [1.54, 1.807) is 6.20 Å². The van der Waals surface area contributed by atoms with Crippen molar-refractivity contribution in [3.05, 3.63) is 9.98 Å². The molecule has 3 rings (SSSR count). The summed E-state index contributed by atoms with van der Waals surface area (Å²) >= 11 is 4.66. The molecule has 2 aliphatic rings. The van der Waals surface area contributed by atoms with Crippen molar-refractivity contribution in [3.63, 3.8) is 0 Å². The number of nitrogens with zero attached hydrogens (tertiary/aromatic N) is 2. The second-order valence-corrected chi connectivity index (χ2v) is 7.74. The Hall–Kier alpha value is -0.750. The summed E-state index contributed by atoms with van der Waals surface area (Å²) in [6.45, 7) is 0. The standard InChI is InChI=1S/C13H15BrN2O2S/c14-9-8-15-12(19-9)16-10(17)7-13(11(16)18)5-3-1-2-4-6-13/h8H,1-7H2. The quantitative estimate of drug-likeness (QED) is 0.733. The van der Waals surface area contributed by atoms with E-state index in [4.69, 9.17) is 0 Å². The van der Waals surface area contributed by atoms with Crippen molar-refractivity contribution < 1.29 is 9.59 Å². The molecule has 1 aliphatic carbocycles. The Morgan fingerprint density at radius 3 is 2.47 bits per heavy atom. The third-order valence-corrected chi connectivity index (χ3v) is 5.57. The van der Waals surface area contributed by atoms with Crippen LogP contribution in [0.2, 0.25) is 0 Å². The third kappa shape index (κ3) is 2.25. The zero-order valence-electron chi connectivity index (χ0n) is 10.5. The molecule has 2 heterocycles. The molecule has 1 spiro atoms. The van der Waals surface area contributed by atoms with Crippen molar-refractivity contribution in [2.45, 2.75) is 44.9 Å². The Bertz CT molecular complexity index is 520. The molecule has 2 fully saturated rings. The monoisotopic (exact) mass is 342 g/mol. The zero-order chi connectivity index (χ0) is 13.5. The highest BCUT2D eigenvalue weighted by Gasteiger charge is 2.52. The van der Waals surface area contributed by atoms with Crippen LogP contribution in [0.3, 0.4) is 0 Å². The van der Waals surface area contributed by atoms with Crippen molar-refractivity contribution in [2.75, 3.05) is 4.90 Å². The van der Waals surface area contributed by atoms with Crippen molar-refractivity contribution in [1.82, 2.24) is 4.98 Å². The number of thiazole rings is 1. The third-order valence-electron chi connectivity index (χ3n) is 4.11. The maximum Gasteiger partial charge on any atom is 0.242 e. The van der Waals surface area contributed by atoms with Crippen molar-refractivity contribution >= 4 is 44.2 Å². The molecular formula is C13H15BrN2O2S. The van der Waals surface area contributed by atoms with E-state index in [1.165, 1.54) is 29.1 Å². The van der Waals surface area contributed by atoms with Gasteiger partial charge in [-0.1, -0.05) is 37.0 Å². The van der Waals surface area contributed by atoms with Gasteiger partial charge in [0.05, 0.1) is 15.4 Å². The normalized spacial score (nSPS) is 23.1. The molecule has 0 unspecified atom stereocenters. The van der Waals surface area contributed by atoms with Crippen LogP contribution in [0.5, 0.6) is 0 Å². The fraction of sp³-hybridized carbons (Fsp3) is 0.615. The second-order valence-electron chi connectivity index (χ2n) is 5.35. The van der Waals surface area contributed by atoms with Crippen LogP contribution >= 0.6 is 27.3 Å². The molecule has 1 aromatic rings. The van der Waals surface area contributed by atoms with E-state index in [2.05, 4.69) is 20.9 Å². The van der Waals surface area contributed by atoms with Crippen LogP contribution in [0.4, 0.5) is 5.13 Å². The molecule has 6 heteroatoms. The largest absolute Gasteiger partial charge is 0.274 e. The highest BCUT2D eigenvalue weighted by atomic mass is 79.9. The van der Waals surface area contributed by atoms with Crippen LogP contribution in [0.1, 0.15) is 44.9 Å². The predicted octanol–water partition coefficient (Wildman–Crippen LogP) is 3.51. The van der Waals surface area contributed by atoms with Crippen LogP contribution in [0.15, 0.2) is 9.98 Å². The number of carbonyl (C=O) groups is 2. The van der Waals surface area contributed by atoms with Crippen LogP contribution < -0.4 is 4.90 Å². The number of imide groups is 1. The van der Waals surface area contributed by atoms with Crippen LogP contribution in [-0.2, 0) is 9.59 Å². The average Bonchev–Trinajstić information content (AvgIpc) is 2.77. The number of hydrogen-bond donors (Lipinski definition) is 0. The molecule has 1 saturated carbocycles. The first-order chi connectivity index (χ1) is 9.12. The lowest BCUT2D eigenvalue weighted by molar-refractivity contribution is -0.126. The molecule has 19 heavy (non-hydrogen) atoms. The summed E-state index contributed by atoms with van der Waals surface area (Å²) in [5.41, 5.74) is -0.439. The number of carbonyl (C=O) groups excluding carboxylic acids is 2. The summed E-state index contributed by atoms with van der Waals surface area (Å²) in [6.07, 6.45) is 8.14. The molecule has 0 bridgehead atoms. The minimum atomic E-state index is -0.439. The van der Waals surface area contributed by atoms with Gasteiger partial charge in [0.1, 0.15) is 0 Å². The molecule has 4 nitrogen and oxygen atoms in total. The Morgan fingerprint density at radius 1 is 1.21 bits per heavy atom. The summed E-state index contributed by atoms with van der Waals surface area (Å²) in [5, 5.41) is 0.503. The average molecular weight is 343 g/mol. The van der Waals surface area contributed by atoms with E-state index >= 15 is 0 Å². The van der Waals surface area contributed by atoms with Gasteiger partial charge in [0.25, 0.3) is 0 Å². The minimum absolute atomic E-state index is 0.0266. The van der Waals surface area contributed by atoms with Gasteiger partial charge in [0.2, 0.25) is 11.8 Å². The van der Waals surface area contributed by atoms with Gasteiger partial charge in [0, 0.05) is 6.42 Å². The summed E-state index contributed by atoms with van der Waals surface area (Å²) in [4.78, 5) is 30.4. The highest BCUT2D eigenvalue weighted by molar-refractivity contribution is 9.11. The Labute approximate surface area is 124 Å². The molecule has 2 amide bonds. The number of anilines is 1. The lowest BCUT2D eigenvalue weighted by Crippen LogP contribution is -2.35. The molecule has 0 aromatic carbocycles.